The van der Waals surface area contributed by atoms with E-state index in [1.807, 2.05) is 0 Å². The van der Waals surface area contributed by atoms with Crippen molar-refractivity contribution in [3.8, 4) is 11.5 Å². The highest BCUT2D eigenvalue weighted by Crippen LogP contribution is 2.09. The van der Waals surface area contributed by atoms with Gasteiger partial charge in [-0.2, -0.15) is 0 Å². The van der Waals surface area contributed by atoms with Gasteiger partial charge < -0.3 is 0 Å². The Hall–Kier alpha value is -1.78. The molecule has 96 valence electrons. The Morgan fingerprint density at radius 2 is 1.16 bits per heavy atom. The monoisotopic (exact) mass is 264 g/mol. The summed E-state index contributed by atoms with van der Waals surface area (Å²) in [4.78, 5) is 0. The summed E-state index contributed by atoms with van der Waals surface area (Å²) in [6, 6.07) is 21.4. The number of hydrogen-bond acceptors (Lipinski definition) is 0. The maximum atomic E-state index is 3.58. The molecule has 1 heteroatoms. The summed E-state index contributed by atoms with van der Waals surface area (Å²) in [6.45, 7) is 6.50. The van der Waals surface area contributed by atoms with Gasteiger partial charge in [0.25, 0.3) is 0 Å². The molecule has 0 radical (unpaired) electrons. The molecular formula is C18H20Si. The van der Waals surface area contributed by atoms with Crippen molar-refractivity contribution in [2.45, 2.75) is 20.8 Å². The van der Waals surface area contributed by atoms with Crippen LogP contribution in [0.1, 0.15) is 20.8 Å². The average molecular weight is 264 g/mol. The topological polar surface area (TPSA) is 0 Å². The fourth-order valence-corrected chi connectivity index (χ4v) is 4.45. The summed E-state index contributed by atoms with van der Waals surface area (Å²) in [7, 11) is -1.41. The average Bonchev–Trinajstić information content (AvgIpc) is 2.40. The largest absolute Gasteiger partial charge is 0.183 e. The van der Waals surface area contributed by atoms with Crippen LogP contribution in [0.5, 0.6) is 0 Å². The van der Waals surface area contributed by atoms with Crippen molar-refractivity contribution in [3.05, 3.63) is 60.7 Å². The van der Waals surface area contributed by atoms with E-state index in [4.69, 9.17) is 0 Å². The third kappa shape index (κ3) is 4.12. The predicted octanol–water partition coefficient (Wildman–Crippen LogP) is 2.62. The summed E-state index contributed by atoms with van der Waals surface area (Å²) in [6.07, 6.45) is 0. The fourth-order valence-electron chi connectivity index (χ4n) is 1.94. The van der Waals surface area contributed by atoms with E-state index in [-0.39, 0.29) is 5.41 Å². The zero-order chi connectivity index (χ0) is 13.7. The first-order valence-electron chi connectivity index (χ1n) is 6.69. The Labute approximate surface area is 118 Å². The van der Waals surface area contributed by atoms with E-state index in [0.717, 1.165) is 0 Å². The van der Waals surface area contributed by atoms with Crippen LogP contribution in [0.25, 0.3) is 0 Å². The molecule has 0 nitrogen and oxygen atoms in total. The normalized spacial score (nSPS) is 10.9. The molecule has 0 saturated carbocycles. The smallest absolute Gasteiger partial charge is 0.124 e. The number of hydrogen-bond donors (Lipinski definition) is 0. The molecule has 0 unspecified atom stereocenters. The molecule has 2 aromatic carbocycles. The zero-order valence-electron chi connectivity index (χ0n) is 11.9. The van der Waals surface area contributed by atoms with Gasteiger partial charge in [0.15, 0.2) is 8.80 Å². The van der Waals surface area contributed by atoms with E-state index in [0.29, 0.717) is 0 Å². The van der Waals surface area contributed by atoms with Crippen LogP contribution in [0, 0.1) is 16.9 Å². The molecule has 2 rings (SSSR count). The highest BCUT2D eigenvalue weighted by molar-refractivity contribution is 6.91. The molecule has 2 aromatic rings. The molecule has 0 bridgehead atoms. The lowest BCUT2D eigenvalue weighted by molar-refractivity contribution is 0.571. The van der Waals surface area contributed by atoms with Gasteiger partial charge in [-0.25, -0.2) is 0 Å². The van der Waals surface area contributed by atoms with Gasteiger partial charge in [0, 0.05) is 5.41 Å². The Morgan fingerprint density at radius 1 is 0.737 bits per heavy atom. The minimum absolute atomic E-state index is 0.0643. The SMILES string of the molecule is CC(C)(C)C#C[SiH](c1ccccc1)c1ccccc1. The second kappa shape index (κ2) is 5.91. The number of benzene rings is 2. The summed E-state index contributed by atoms with van der Waals surface area (Å²) in [5, 5.41) is 2.79. The van der Waals surface area contributed by atoms with Crippen LogP contribution in [-0.2, 0) is 0 Å². The highest BCUT2D eigenvalue weighted by Gasteiger charge is 2.14. The lowest BCUT2D eigenvalue weighted by Crippen LogP contribution is -2.41. The van der Waals surface area contributed by atoms with Crippen molar-refractivity contribution >= 4 is 19.2 Å². The molecule has 0 N–H and O–H groups in total. The van der Waals surface area contributed by atoms with E-state index < -0.39 is 8.80 Å². The van der Waals surface area contributed by atoms with Crippen molar-refractivity contribution in [3.63, 3.8) is 0 Å². The van der Waals surface area contributed by atoms with Crippen LogP contribution in [0.4, 0.5) is 0 Å². The van der Waals surface area contributed by atoms with Crippen LogP contribution in [0.3, 0.4) is 0 Å². The second-order valence-corrected chi connectivity index (χ2v) is 8.26. The van der Waals surface area contributed by atoms with Gasteiger partial charge in [0.05, 0.1) is 0 Å². The van der Waals surface area contributed by atoms with Gasteiger partial charge in [-0.05, 0) is 31.1 Å². The Kier molecular flexibility index (Phi) is 4.24. The molecule has 0 amide bonds. The standard InChI is InChI=1S/C18H20Si/c1-18(2,3)14-15-19(16-10-6-4-7-11-16)17-12-8-5-9-13-17/h4-13,19H,1-3H3. The first-order valence-corrected chi connectivity index (χ1v) is 8.42. The molecule has 0 atom stereocenters. The molecule has 19 heavy (non-hydrogen) atoms. The van der Waals surface area contributed by atoms with Crippen LogP contribution >= 0.6 is 0 Å². The van der Waals surface area contributed by atoms with Gasteiger partial charge >= 0.3 is 0 Å². The predicted molar refractivity (Wildman–Crippen MR) is 86.5 cm³/mol. The van der Waals surface area contributed by atoms with Gasteiger partial charge in [0.1, 0.15) is 0 Å². The van der Waals surface area contributed by atoms with Crippen molar-refractivity contribution < 1.29 is 0 Å². The maximum Gasteiger partial charge on any atom is 0.183 e. The molecule has 0 aliphatic rings. The van der Waals surface area contributed by atoms with Crippen molar-refractivity contribution in [2.24, 2.45) is 5.41 Å². The molecule has 0 aromatic heterocycles. The number of rotatable bonds is 2. The van der Waals surface area contributed by atoms with E-state index in [2.05, 4.69) is 92.9 Å². The molecule has 0 heterocycles. The quantitative estimate of drug-likeness (QED) is 0.578. The van der Waals surface area contributed by atoms with E-state index in [1.165, 1.54) is 10.4 Å². The Balaban J connectivity index is 2.42. The third-order valence-corrected chi connectivity index (χ3v) is 5.39. The van der Waals surface area contributed by atoms with Gasteiger partial charge in [-0.15, -0.1) is 11.5 Å². The van der Waals surface area contributed by atoms with Crippen LogP contribution in [-0.4, -0.2) is 8.80 Å². The van der Waals surface area contributed by atoms with Gasteiger partial charge in [-0.3, -0.25) is 0 Å². The molecule has 0 saturated heterocycles. The minimum Gasteiger partial charge on any atom is -0.124 e. The van der Waals surface area contributed by atoms with Crippen molar-refractivity contribution in [1.82, 2.24) is 0 Å². The van der Waals surface area contributed by atoms with Crippen molar-refractivity contribution in [1.29, 1.82) is 0 Å². The van der Waals surface area contributed by atoms with Gasteiger partial charge in [-0.1, -0.05) is 60.7 Å². The lowest BCUT2D eigenvalue weighted by Gasteiger charge is -2.12. The Morgan fingerprint density at radius 3 is 1.53 bits per heavy atom. The maximum absolute atomic E-state index is 3.58. The summed E-state index contributed by atoms with van der Waals surface area (Å²) < 4.78 is 0. The van der Waals surface area contributed by atoms with E-state index >= 15 is 0 Å². The first kappa shape index (κ1) is 13.6. The Bertz CT molecular complexity index is 528. The van der Waals surface area contributed by atoms with E-state index in [9.17, 15) is 0 Å². The van der Waals surface area contributed by atoms with Crippen LogP contribution in [0.15, 0.2) is 60.7 Å². The van der Waals surface area contributed by atoms with Gasteiger partial charge in [0.2, 0.25) is 0 Å². The first-order chi connectivity index (χ1) is 9.06. The fraction of sp³-hybridized carbons (Fsp3) is 0.222. The highest BCUT2D eigenvalue weighted by atomic mass is 28.3. The van der Waals surface area contributed by atoms with Crippen LogP contribution < -0.4 is 10.4 Å². The summed E-state index contributed by atoms with van der Waals surface area (Å²) in [5.41, 5.74) is 3.65. The lowest BCUT2D eigenvalue weighted by atomic mass is 9.99. The molecule has 0 aliphatic carbocycles. The second-order valence-electron chi connectivity index (χ2n) is 5.77. The van der Waals surface area contributed by atoms with Crippen LogP contribution in [0.2, 0.25) is 0 Å². The molecular weight excluding hydrogens is 244 g/mol. The minimum atomic E-state index is -1.41. The summed E-state index contributed by atoms with van der Waals surface area (Å²) >= 11 is 0. The molecule has 0 fully saturated rings. The summed E-state index contributed by atoms with van der Waals surface area (Å²) in [5.74, 6) is 3.43. The van der Waals surface area contributed by atoms with Crippen molar-refractivity contribution in [2.75, 3.05) is 0 Å². The molecule has 0 aliphatic heterocycles. The zero-order valence-corrected chi connectivity index (χ0v) is 13.0. The third-order valence-electron chi connectivity index (χ3n) is 2.86. The molecule has 0 spiro atoms. The van der Waals surface area contributed by atoms with E-state index in [1.54, 1.807) is 0 Å².